The third-order valence-corrected chi connectivity index (χ3v) is 5.15. The number of carbonyl (C=O) groups is 2. The number of amides is 2. The van der Waals surface area contributed by atoms with E-state index in [1.807, 2.05) is 17.5 Å². The lowest BCUT2D eigenvalue weighted by atomic mass is 9.92. The summed E-state index contributed by atoms with van der Waals surface area (Å²) in [6, 6.07) is 9.38. The number of carbonyl (C=O) groups excluding carboxylic acids is 2. The average Bonchev–Trinajstić information content (AvgIpc) is 3.10. The highest BCUT2D eigenvalue weighted by Gasteiger charge is 2.26. The van der Waals surface area contributed by atoms with Crippen LogP contribution in [0.2, 0.25) is 0 Å². The summed E-state index contributed by atoms with van der Waals surface area (Å²) < 4.78 is 18.3. The first-order valence-electron chi connectivity index (χ1n) is 8.63. The molecule has 1 aromatic carbocycles. The molecule has 2 aromatic rings. The zero-order valence-electron chi connectivity index (χ0n) is 14.2. The van der Waals surface area contributed by atoms with Crippen molar-refractivity contribution in [2.24, 2.45) is 0 Å². The summed E-state index contributed by atoms with van der Waals surface area (Å²) in [5.74, 6) is -0.369. The average molecular weight is 376 g/mol. The minimum atomic E-state index is -0.563. The lowest BCUT2D eigenvalue weighted by Crippen LogP contribution is -2.41. The van der Waals surface area contributed by atoms with Crippen LogP contribution in [0.1, 0.15) is 30.6 Å². The molecule has 0 aliphatic heterocycles. The zero-order valence-corrected chi connectivity index (χ0v) is 15.1. The molecular weight excluding hydrogens is 355 g/mol. The maximum atomic E-state index is 12.9. The van der Waals surface area contributed by atoms with Crippen LogP contribution < -0.4 is 10.6 Å². The molecule has 138 valence electrons. The van der Waals surface area contributed by atoms with Crippen LogP contribution in [0, 0.1) is 5.82 Å². The first-order chi connectivity index (χ1) is 12.6. The van der Waals surface area contributed by atoms with Crippen molar-refractivity contribution in [3.05, 3.63) is 52.5 Å². The summed E-state index contributed by atoms with van der Waals surface area (Å²) in [6.07, 6.45) is 2.73. The van der Waals surface area contributed by atoms with E-state index in [0.717, 1.165) is 24.1 Å². The van der Waals surface area contributed by atoms with Gasteiger partial charge in [-0.05, 0) is 55.0 Å². The van der Waals surface area contributed by atoms with Crippen LogP contribution in [-0.4, -0.2) is 24.1 Å². The molecule has 2 atom stereocenters. The topological polar surface area (TPSA) is 67.4 Å². The maximum Gasteiger partial charge on any atom is 0.411 e. The summed E-state index contributed by atoms with van der Waals surface area (Å²) in [7, 11) is 0. The highest BCUT2D eigenvalue weighted by atomic mass is 32.1. The van der Waals surface area contributed by atoms with Crippen molar-refractivity contribution in [1.29, 1.82) is 0 Å². The van der Waals surface area contributed by atoms with E-state index in [1.165, 1.54) is 24.3 Å². The molecule has 1 saturated carbocycles. The smallest absolute Gasteiger partial charge is 0.411 e. The molecule has 7 heteroatoms. The Kier molecular flexibility index (Phi) is 6.22. The lowest BCUT2D eigenvalue weighted by molar-refractivity contribution is -0.121. The molecule has 5 nitrogen and oxygen atoms in total. The van der Waals surface area contributed by atoms with Crippen LogP contribution in [0.5, 0.6) is 0 Å². The first kappa shape index (κ1) is 18.4. The molecule has 1 aromatic heterocycles. The Hall–Kier alpha value is -2.41. The molecule has 26 heavy (non-hydrogen) atoms. The second-order valence-electron chi connectivity index (χ2n) is 6.35. The summed E-state index contributed by atoms with van der Waals surface area (Å²) in [4.78, 5) is 25.1. The monoisotopic (exact) mass is 376 g/mol. The van der Waals surface area contributed by atoms with Gasteiger partial charge in [-0.15, -0.1) is 11.3 Å². The fraction of sp³-hybridized carbons (Fsp3) is 0.368. The number of hydrogen-bond donors (Lipinski definition) is 2. The second kappa shape index (κ2) is 8.80. The van der Waals surface area contributed by atoms with E-state index in [4.69, 9.17) is 4.74 Å². The predicted octanol–water partition coefficient (Wildman–Crippen LogP) is 4.11. The molecule has 0 unspecified atom stereocenters. The minimum absolute atomic E-state index is 0.00568. The van der Waals surface area contributed by atoms with Gasteiger partial charge in [0.1, 0.15) is 11.9 Å². The first-order valence-corrected chi connectivity index (χ1v) is 9.51. The minimum Gasteiger partial charge on any atom is -0.446 e. The Labute approximate surface area is 155 Å². The van der Waals surface area contributed by atoms with Gasteiger partial charge in [0.25, 0.3) is 0 Å². The van der Waals surface area contributed by atoms with E-state index < -0.39 is 6.09 Å². The number of anilines is 1. The van der Waals surface area contributed by atoms with E-state index in [-0.39, 0.29) is 23.9 Å². The summed E-state index contributed by atoms with van der Waals surface area (Å²) >= 11 is 1.56. The van der Waals surface area contributed by atoms with Gasteiger partial charge < -0.3 is 10.1 Å². The molecule has 2 amide bonds. The van der Waals surface area contributed by atoms with Crippen molar-refractivity contribution >= 4 is 29.0 Å². The zero-order chi connectivity index (χ0) is 18.4. The highest BCUT2D eigenvalue weighted by Crippen LogP contribution is 2.22. The normalized spacial score (nSPS) is 19.6. The molecule has 0 saturated heterocycles. The van der Waals surface area contributed by atoms with Crippen molar-refractivity contribution in [2.75, 3.05) is 5.32 Å². The summed E-state index contributed by atoms with van der Waals surface area (Å²) in [5.41, 5.74) is 0.480. The number of nitrogens with one attached hydrogen (secondary N) is 2. The fourth-order valence-corrected chi connectivity index (χ4v) is 3.77. The standard InChI is InChI=1S/C19H21FN2O3S/c20-13-6-8-14(9-7-13)22-19(24)25-16-4-1-3-15(11-16)21-18(23)12-17-5-2-10-26-17/h2,5-10,15-16H,1,3-4,11-12H2,(H,21,23)(H,22,24)/t15-,16-/m0/s1. The van der Waals surface area contributed by atoms with Gasteiger partial charge in [0, 0.05) is 23.0 Å². The van der Waals surface area contributed by atoms with E-state index >= 15 is 0 Å². The van der Waals surface area contributed by atoms with Crippen molar-refractivity contribution in [3.63, 3.8) is 0 Å². The Balaban J connectivity index is 1.44. The number of ether oxygens (including phenoxy) is 1. The number of halogens is 1. The highest BCUT2D eigenvalue weighted by molar-refractivity contribution is 7.10. The van der Waals surface area contributed by atoms with Crippen molar-refractivity contribution in [2.45, 2.75) is 44.2 Å². The van der Waals surface area contributed by atoms with E-state index in [2.05, 4.69) is 10.6 Å². The van der Waals surface area contributed by atoms with Gasteiger partial charge >= 0.3 is 6.09 Å². The number of thiophene rings is 1. The van der Waals surface area contributed by atoms with Gasteiger partial charge in [0.05, 0.1) is 6.42 Å². The Morgan fingerprint density at radius 3 is 2.73 bits per heavy atom. The summed E-state index contributed by atoms with van der Waals surface area (Å²) in [6.45, 7) is 0. The van der Waals surface area contributed by atoms with Crippen molar-refractivity contribution in [1.82, 2.24) is 5.32 Å². The summed E-state index contributed by atoms with van der Waals surface area (Å²) in [5, 5.41) is 7.57. The van der Waals surface area contributed by atoms with Gasteiger partial charge in [-0.2, -0.15) is 0 Å². The molecule has 0 spiro atoms. The predicted molar refractivity (Wildman–Crippen MR) is 98.7 cm³/mol. The lowest BCUT2D eigenvalue weighted by Gasteiger charge is -2.29. The van der Waals surface area contributed by atoms with E-state index in [1.54, 1.807) is 11.3 Å². The van der Waals surface area contributed by atoms with Gasteiger partial charge in [0.2, 0.25) is 5.91 Å². The van der Waals surface area contributed by atoms with Gasteiger partial charge in [-0.1, -0.05) is 6.07 Å². The number of rotatable bonds is 5. The third-order valence-electron chi connectivity index (χ3n) is 4.27. The molecule has 3 rings (SSSR count). The molecule has 1 fully saturated rings. The van der Waals surface area contributed by atoms with Gasteiger partial charge in [0.15, 0.2) is 0 Å². The molecule has 0 radical (unpaired) electrons. The molecular formula is C19H21FN2O3S. The van der Waals surface area contributed by atoms with Gasteiger partial charge in [-0.3, -0.25) is 10.1 Å². The van der Waals surface area contributed by atoms with Crippen LogP contribution in [0.3, 0.4) is 0 Å². The molecule has 1 aliphatic rings. The van der Waals surface area contributed by atoms with Gasteiger partial charge in [-0.25, -0.2) is 9.18 Å². The van der Waals surface area contributed by atoms with Crippen LogP contribution in [0.4, 0.5) is 14.9 Å². The van der Waals surface area contributed by atoms with Crippen LogP contribution in [0.25, 0.3) is 0 Å². The number of hydrogen-bond acceptors (Lipinski definition) is 4. The van der Waals surface area contributed by atoms with Crippen molar-refractivity contribution in [3.8, 4) is 0 Å². The maximum absolute atomic E-state index is 12.9. The van der Waals surface area contributed by atoms with Crippen LogP contribution >= 0.6 is 11.3 Å². The molecule has 1 heterocycles. The van der Waals surface area contributed by atoms with Crippen LogP contribution in [-0.2, 0) is 16.0 Å². The largest absolute Gasteiger partial charge is 0.446 e. The van der Waals surface area contributed by atoms with E-state index in [0.29, 0.717) is 18.5 Å². The molecule has 2 N–H and O–H groups in total. The quantitative estimate of drug-likeness (QED) is 0.825. The fourth-order valence-electron chi connectivity index (χ4n) is 3.07. The second-order valence-corrected chi connectivity index (χ2v) is 7.38. The SMILES string of the molecule is O=C(Cc1cccs1)N[C@H]1CCC[C@H](OC(=O)Nc2ccc(F)cc2)C1. The molecule has 1 aliphatic carbocycles. The molecule has 0 bridgehead atoms. The third kappa shape index (κ3) is 5.56. The van der Waals surface area contributed by atoms with Crippen LogP contribution in [0.15, 0.2) is 41.8 Å². The van der Waals surface area contributed by atoms with Crippen molar-refractivity contribution < 1.29 is 18.7 Å². The Morgan fingerprint density at radius 1 is 1.19 bits per heavy atom. The Morgan fingerprint density at radius 2 is 2.00 bits per heavy atom. The van der Waals surface area contributed by atoms with E-state index in [9.17, 15) is 14.0 Å². The Bertz CT molecular complexity index is 734. The number of benzene rings is 1.